The summed E-state index contributed by atoms with van der Waals surface area (Å²) in [6.07, 6.45) is 1.31. The molecule has 0 aliphatic rings. The van der Waals surface area contributed by atoms with Crippen LogP contribution in [0.4, 0.5) is 0 Å². The highest BCUT2D eigenvalue weighted by Gasteiger charge is 2.17. The Hall–Kier alpha value is -1.84. The standard InChI is InChI=1S/C11H11N3O4S2/c15-10(16)6-9-3-4-11(19-9)20(17,18)13-7-8-2-1-5-12-14-8/h1-5,13H,6-7H2,(H,15,16). The third-order valence-corrected chi connectivity index (χ3v) is 5.28. The monoisotopic (exact) mass is 313 g/mol. The van der Waals surface area contributed by atoms with E-state index in [0.29, 0.717) is 10.6 Å². The average molecular weight is 313 g/mol. The zero-order valence-electron chi connectivity index (χ0n) is 10.2. The van der Waals surface area contributed by atoms with Gasteiger partial charge in [0.15, 0.2) is 0 Å². The number of aromatic nitrogens is 2. The number of carboxylic acids is 1. The minimum Gasteiger partial charge on any atom is -0.481 e. The van der Waals surface area contributed by atoms with Crippen molar-refractivity contribution in [1.82, 2.24) is 14.9 Å². The minimum absolute atomic E-state index is 0.0301. The van der Waals surface area contributed by atoms with Crippen molar-refractivity contribution in [3.05, 3.63) is 41.0 Å². The van der Waals surface area contributed by atoms with Gasteiger partial charge in [0.05, 0.1) is 18.7 Å². The molecule has 0 fully saturated rings. The van der Waals surface area contributed by atoms with Crippen LogP contribution in [-0.4, -0.2) is 29.7 Å². The van der Waals surface area contributed by atoms with Gasteiger partial charge in [-0.25, -0.2) is 13.1 Å². The van der Waals surface area contributed by atoms with Gasteiger partial charge in [-0.2, -0.15) is 10.2 Å². The summed E-state index contributed by atoms with van der Waals surface area (Å²) >= 11 is 0.936. The van der Waals surface area contributed by atoms with Crippen molar-refractivity contribution in [2.24, 2.45) is 0 Å². The lowest BCUT2D eigenvalue weighted by molar-refractivity contribution is -0.136. The van der Waals surface area contributed by atoms with E-state index in [2.05, 4.69) is 14.9 Å². The summed E-state index contributed by atoms with van der Waals surface area (Å²) in [7, 11) is -3.67. The predicted octanol–water partition coefficient (Wildman–Crippen LogP) is 0.644. The lowest BCUT2D eigenvalue weighted by atomic mass is 10.3. The summed E-state index contributed by atoms with van der Waals surface area (Å²) in [5.41, 5.74) is 0.499. The van der Waals surface area contributed by atoms with Crippen molar-refractivity contribution in [1.29, 1.82) is 0 Å². The Morgan fingerprint density at radius 3 is 2.80 bits per heavy atom. The van der Waals surface area contributed by atoms with E-state index >= 15 is 0 Å². The Labute approximate surface area is 119 Å². The van der Waals surface area contributed by atoms with Crippen LogP contribution in [0.25, 0.3) is 0 Å². The van der Waals surface area contributed by atoms with Crippen LogP contribution in [-0.2, 0) is 27.8 Å². The second-order valence-electron chi connectivity index (χ2n) is 3.83. The quantitative estimate of drug-likeness (QED) is 0.810. The lowest BCUT2D eigenvalue weighted by Crippen LogP contribution is -2.23. The SMILES string of the molecule is O=C(O)Cc1ccc(S(=O)(=O)NCc2cccnn2)s1. The number of carbonyl (C=O) groups is 1. The lowest BCUT2D eigenvalue weighted by Gasteiger charge is -2.03. The third-order valence-electron chi connectivity index (χ3n) is 2.30. The van der Waals surface area contributed by atoms with E-state index in [9.17, 15) is 13.2 Å². The highest BCUT2D eigenvalue weighted by Crippen LogP contribution is 2.22. The summed E-state index contributed by atoms with van der Waals surface area (Å²) in [6, 6.07) is 6.20. The molecule has 2 N–H and O–H groups in total. The molecule has 2 aromatic heterocycles. The molecule has 20 heavy (non-hydrogen) atoms. The van der Waals surface area contributed by atoms with Crippen molar-refractivity contribution in [3.63, 3.8) is 0 Å². The molecular formula is C11H11N3O4S2. The predicted molar refractivity (Wildman–Crippen MR) is 71.7 cm³/mol. The first-order valence-electron chi connectivity index (χ1n) is 5.54. The van der Waals surface area contributed by atoms with Crippen LogP contribution in [0.1, 0.15) is 10.6 Å². The van der Waals surface area contributed by atoms with Crippen LogP contribution in [0.3, 0.4) is 0 Å². The number of carboxylic acid groups (broad SMARTS) is 1. The number of nitrogens with zero attached hydrogens (tertiary/aromatic N) is 2. The van der Waals surface area contributed by atoms with Gasteiger partial charge in [0, 0.05) is 11.1 Å². The second-order valence-corrected chi connectivity index (χ2v) is 6.99. The van der Waals surface area contributed by atoms with Gasteiger partial charge in [-0.15, -0.1) is 11.3 Å². The summed E-state index contributed by atoms with van der Waals surface area (Å²) in [5.74, 6) is -0.997. The Bertz CT molecular complexity index is 697. The van der Waals surface area contributed by atoms with Gasteiger partial charge in [0.1, 0.15) is 4.21 Å². The fourth-order valence-corrected chi connectivity index (χ4v) is 3.80. The highest BCUT2D eigenvalue weighted by atomic mass is 32.2. The van der Waals surface area contributed by atoms with Gasteiger partial charge in [-0.3, -0.25) is 4.79 Å². The number of nitrogens with one attached hydrogen (secondary N) is 1. The average Bonchev–Trinajstić information content (AvgIpc) is 2.86. The molecule has 0 aliphatic heterocycles. The highest BCUT2D eigenvalue weighted by molar-refractivity contribution is 7.91. The molecule has 2 rings (SSSR count). The van der Waals surface area contributed by atoms with Crippen molar-refractivity contribution >= 4 is 27.3 Å². The first-order valence-corrected chi connectivity index (χ1v) is 7.84. The van der Waals surface area contributed by atoms with E-state index in [4.69, 9.17) is 5.11 Å². The maximum absolute atomic E-state index is 12.0. The summed E-state index contributed by atoms with van der Waals surface area (Å²) in [5, 5.41) is 16.1. The number of rotatable bonds is 6. The summed E-state index contributed by atoms with van der Waals surface area (Å²) in [4.78, 5) is 11.0. The van der Waals surface area contributed by atoms with Crippen molar-refractivity contribution < 1.29 is 18.3 Å². The van der Waals surface area contributed by atoms with Crippen LogP contribution >= 0.6 is 11.3 Å². The van der Waals surface area contributed by atoms with Crippen molar-refractivity contribution in [2.45, 2.75) is 17.2 Å². The molecule has 2 heterocycles. The number of hydrogen-bond donors (Lipinski definition) is 2. The zero-order chi connectivity index (χ0) is 14.6. The number of aliphatic carboxylic acids is 1. The smallest absolute Gasteiger partial charge is 0.308 e. The van der Waals surface area contributed by atoms with Crippen LogP contribution in [0.2, 0.25) is 0 Å². The topological polar surface area (TPSA) is 109 Å². The van der Waals surface area contributed by atoms with Gasteiger partial charge < -0.3 is 5.11 Å². The molecule has 2 aromatic rings. The van der Waals surface area contributed by atoms with E-state index < -0.39 is 16.0 Å². The summed E-state index contributed by atoms with van der Waals surface area (Å²) < 4.78 is 26.5. The fraction of sp³-hybridized carbons (Fsp3) is 0.182. The molecule has 0 bridgehead atoms. The van der Waals surface area contributed by atoms with Gasteiger partial charge in [0.25, 0.3) is 0 Å². The molecule has 0 radical (unpaired) electrons. The van der Waals surface area contributed by atoms with E-state index in [-0.39, 0.29) is 17.2 Å². The molecular weight excluding hydrogens is 302 g/mol. The third kappa shape index (κ3) is 3.83. The van der Waals surface area contributed by atoms with E-state index in [1.807, 2.05) is 0 Å². The number of hydrogen-bond acceptors (Lipinski definition) is 6. The normalized spacial score (nSPS) is 11.4. The van der Waals surface area contributed by atoms with E-state index in [1.165, 1.54) is 18.3 Å². The molecule has 0 aliphatic carbocycles. The first-order chi connectivity index (χ1) is 9.47. The molecule has 0 saturated heterocycles. The van der Waals surface area contributed by atoms with Crippen LogP contribution in [0, 0.1) is 0 Å². The van der Waals surface area contributed by atoms with Gasteiger partial charge in [-0.1, -0.05) is 0 Å². The van der Waals surface area contributed by atoms with Crippen molar-refractivity contribution in [3.8, 4) is 0 Å². The Morgan fingerprint density at radius 1 is 1.35 bits per heavy atom. The van der Waals surface area contributed by atoms with Crippen LogP contribution in [0.5, 0.6) is 0 Å². The molecule has 0 unspecified atom stereocenters. The van der Waals surface area contributed by atoms with Crippen molar-refractivity contribution in [2.75, 3.05) is 0 Å². The maximum Gasteiger partial charge on any atom is 0.308 e. The van der Waals surface area contributed by atoms with Gasteiger partial charge in [0.2, 0.25) is 10.0 Å². The number of thiophene rings is 1. The minimum atomic E-state index is -3.67. The first kappa shape index (κ1) is 14.6. The molecule has 0 atom stereocenters. The van der Waals surface area contributed by atoms with E-state index in [0.717, 1.165) is 11.3 Å². The molecule has 0 spiro atoms. The molecule has 0 aromatic carbocycles. The van der Waals surface area contributed by atoms with Gasteiger partial charge >= 0.3 is 5.97 Å². The summed E-state index contributed by atoms with van der Waals surface area (Å²) in [6.45, 7) is 0.0301. The Morgan fingerprint density at radius 2 is 2.15 bits per heavy atom. The molecule has 7 nitrogen and oxygen atoms in total. The van der Waals surface area contributed by atoms with Crippen LogP contribution < -0.4 is 4.72 Å². The fourth-order valence-electron chi connectivity index (χ4n) is 1.41. The molecule has 0 saturated carbocycles. The Kier molecular flexibility index (Phi) is 4.42. The molecule has 9 heteroatoms. The van der Waals surface area contributed by atoms with Gasteiger partial charge in [-0.05, 0) is 24.3 Å². The largest absolute Gasteiger partial charge is 0.481 e. The second kappa shape index (κ2) is 6.07. The number of sulfonamides is 1. The van der Waals surface area contributed by atoms with E-state index in [1.54, 1.807) is 12.1 Å². The zero-order valence-corrected chi connectivity index (χ0v) is 11.8. The maximum atomic E-state index is 12.0. The Balaban J connectivity index is 2.06. The molecule has 0 amide bonds. The van der Waals surface area contributed by atoms with Crippen LogP contribution in [0.15, 0.2) is 34.7 Å². The molecule has 106 valence electrons.